The first-order chi connectivity index (χ1) is 7.72. The summed E-state index contributed by atoms with van der Waals surface area (Å²) in [5.74, 6) is -0.172. The van der Waals surface area contributed by atoms with Crippen LogP contribution in [0.5, 0.6) is 5.75 Å². The standard InChI is InChI=1S/C12H16F3NO/c1-11(2,7-16)8-4-5-10(17-3)9(6-8)12(13,14)15/h4-6H,7,16H2,1-3H3. The highest BCUT2D eigenvalue weighted by Gasteiger charge is 2.35. The third kappa shape index (κ3) is 2.91. The molecule has 0 bridgehead atoms. The first kappa shape index (κ1) is 13.8. The van der Waals surface area contributed by atoms with E-state index in [1.807, 2.05) is 0 Å². The second kappa shape index (κ2) is 4.56. The molecule has 0 unspecified atom stereocenters. The molecular weight excluding hydrogens is 231 g/mol. The third-order valence-corrected chi connectivity index (χ3v) is 2.80. The Kier molecular flexibility index (Phi) is 3.71. The molecule has 1 aromatic carbocycles. The van der Waals surface area contributed by atoms with Crippen molar-refractivity contribution in [2.24, 2.45) is 5.73 Å². The molecule has 2 N–H and O–H groups in total. The van der Waals surface area contributed by atoms with Crippen molar-refractivity contribution in [3.05, 3.63) is 29.3 Å². The van der Waals surface area contributed by atoms with Gasteiger partial charge in [0.15, 0.2) is 0 Å². The van der Waals surface area contributed by atoms with Crippen molar-refractivity contribution >= 4 is 0 Å². The number of nitrogens with two attached hydrogens (primary N) is 1. The highest BCUT2D eigenvalue weighted by molar-refractivity contribution is 5.41. The lowest BCUT2D eigenvalue weighted by Gasteiger charge is -2.24. The Labute approximate surface area is 98.6 Å². The van der Waals surface area contributed by atoms with Gasteiger partial charge in [-0.3, -0.25) is 0 Å². The van der Waals surface area contributed by atoms with E-state index in [1.54, 1.807) is 19.9 Å². The van der Waals surface area contributed by atoms with Crippen LogP contribution in [0.25, 0.3) is 0 Å². The third-order valence-electron chi connectivity index (χ3n) is 2.80. The number of alkyl halides is 3. The molecule has 0 atom stereocenters. The minimum atomic E-state index is -4.42. The van der Waals surface area contributed by atoms with Crippen molar-refractivity contribution in [3.63, 3.8) is 0 Å². The molecule has 0 saturated carbocycles. The van der Waals surface area contributed by atoms with E-state index in [2.05, 4.69) is 0 Å². The smallest absolute Gasteiger partial charge is 0.419 e. The van der Waals surface area contributed by atoms with Gasteiger partial charge in [-0.15, -0.1) is 0 Å². The molecule has 0 saturated heterocycles. The lowest BCUT2D eigenvalue weighted by Crippen LogP contribution is -2.28. The van der Waals surface area contributed by atoms with Crippen molar-refractivity contribution in [3.8, 4) is 5.75 Å². The second-order valence-corrected chi connectivity index (χ2v) is 4.50. The van der Waals surface area contributed by atoms with Gasteiger partial charge < -0.3 is 10.5 Å². The van der Waals surface area contributed by atoms with Crippen LogP contribution in [0.1, 0.15) is 25.0 Å². The number of benzene rings is 1. The summed E-state index contributed by atoms with van der Waals surface area (Å²) in [4.78, 5) is 0. The van der Waals surface area contributed by atoms with Crippen molar-refractivity contribution in [2.75, 3.05) is 13.7 Å². The molecule has 96 valence electrons. The highest BCUT2D eigenvalue weighted by atomic mass is 19.4. The predicted octanol–water partition coefficient (Wildman–Crippen LogP) is 2.95. The van der Waals surface area contributed by atoms with Crippen molar-refractivity contribution < 1.29 is 17.9 Å². The van der Waals surface area contributed by atoms with Gasteiger partial charge in [0.1, 0.15) is 5.75 Å². The molecule has 2 nitrogen and oxygen atoms in total. The van der Waals surface area contributed by atoms with Gasteiger partial charge in [0.2, 0.25) is 0 Å². The fraction of sp³-hybridized carbons (Fsp3) is 0.500. The molecule has 0 radical (unpaired) electrons. The van der Waals surface area contributed by atoms with Gasteiger partial charge in [-0.05, 0) is 17.7 Å². The number of methoxy groups -OCH3 is 1. The van der Waals surface area contributed by atoms with Crippen LogP contribution in [-0.4, -0.2) is 13.7 Å². The van der Waals surface area contributed by atoms with Crippen molar-refractivity contribution in [1.82, 2.24) is 0 Å². The maximum atomic E-state index is 12.8. The molecule has 0 amide bonds. The maximum absolute atomic E-state index is 12.8. The average Bonchev–Trinajstić information content (AvgIpc) is 2.27. The summed E-state index contributed by atoms with van der Waals surface area (Å²) >= 11 is 0. The summed E-state index contributed by atoms with van der Waals surface area (Å²) in [6.07, 6.45) is -4.42. The van der Waals surface area contributed by atoms with E-state index in [1.165, 1.54) is 13.2 Å². The van der Waals surface area contributed by atoms with Crippen LogP contribution < -0.4 is 10.5 Å². The van der Waals surface area contributed by atoms with Crippen LogP contribution in [0.4, 0.5) is 13.2 Å². The zero-order valence-electron chi connectivity index (χ0n) is 10.1. The zero-order chi connectivity index (χ0) is 13.3. The van der Waals surface area contributed by atoms with Gasteiger partial charge in [0.25, 0.3) is 0 Å². The van der Waals surface area contributed by atoms with Crippen molar-refractivity contribution in [1.29, 1.82) is 0 Å². The fourth-order valence-corrected chi connectivity index (χ4v) is 1.47. The van der Waals surface area contributed by atoms with Gasteiger partial charge in [0.05, 0.1) is 12.7 Å². The summed E-state index contributed by atoms with van der Waals surface area (Å²) in [6, 6.07) is 4.04. The number of ether oxygens (including phenoxy) is 1. The summed E-state index contributed by atoms with van der Waals surface area (Å²) in [7, 11) is 1.22. The molecule has 0 aliphatic heterocycles. The molecule has 5 heteroatoms. The quantitative estimate of drug-likeness (QED) is 0.891. The molecule has 0 fully saturated rings. The maximum Gasteiger partial charge on any atom is 0.419 e. The van der Waals surface area contributed by atoms with E-state index in [0.29, 0.717) is 5.56 Å². The SMILES string of the molecule is COc1ccc(C(C)(C)CN)cc1C(F)(F)F. The van der Waals surface area contributed by atoms with E-state index >= 15 is 0 Å². The first-order valence-corrected chi connectivity index (χ1v) is 5.18. The van der Waals surface area contributed by atoms with Gasteiger partial charge in [-0.25, -0.2) is 0 Å². The summed E-state index contributed by atoms with van der Waals surface area (Å²) in [5, 5.41) is 0. The molecule has 0 aliphatic rings. The van der Waals surface area contributed by atoms with Gasteiger partial charge in [-0.1, -0.05) is 19.9 Å². The number of hydrogen-bond acceptors (Lipinski definition) is 2. The molecule has 17 heavy (non-hydrogen) atoms. The second-order valence-electron chi connectivity index (χ2n) is 4.50. The minimum Gasteiger partial charge on any atom is -0.496 e. The summed E-state index contributed by atoms with van der Waals surface area (Å²) in [5.41, 5.74) is 4.85. The largest absolute Gasteiger partial charge is 0.496 e. The lowest BCUT2D eigenvalue weighted by atomic mass is 9.84. The van der Waals surface area contributed by atoms with E-state index < -0.39 is 17.2 Å². The monoisotopic (exact) mass is 247 g/mol. The van der Waals surface area contributed by atoms with Crippen LogP contribution in [0.15, 0.2) is 18.2 Å². The van der Waals surface area contributed by atoms with E-state index in [9.17, 15) is 13.2 Å². The molecular formula is C12H16F3NO. The normalized spacial score (nSPS) is 12.6. The summed E-state index contributed by atoms with van der Waals surface area (Å²) < 4.78 is 43.1. The number of hydrogen-bond donors (Lipinski definition) is 1. The van der Waals surface area contributed by atoms with Gasteiger partial charge in [-0.2, -0.15) is 13.2 Å². The fourth-order valence-electron chi connectivity index (χ4n) is 1.47. The highest BCUT2D eigenvalue weighted by Crippen LogP contribution is 2.38. The van der Waals surface area contributed by atoms with Crippen LogP contribution in [0, 0.1) is 0 Å². The van der Waals surface area contributed by atoms with Crippen LogP contribution in [0.2, 0.25) is 0 Å². The minimum absolute atomic E-state index is 0.172. The molecule has 0 aromatic heterocycles. The first-order valence-electron chi connectivity index (χ1n) is 5.18. The van der Waals surface area contributed by atoms with E-state index in [0.717, 1.165) is 6.07 Å². The topological polar surface area (TPSA) is 35.2 Å². The van der Waals surface area contributed by atoms with E-state index in [4.69, 9.17) is 10.5 Å². The Morgan fingerprint density at radius 2 is 1.82 bits per heavy atom. The molecule has 0 spiro atoms. The lowest BCUT2D eigenvalue weighted by molar-refractivity contribution is -0.138. The van der Waals surface area contributed by atoms with E-state index in [-0.39, 0.29) is 12.3 Å². The Morgan fingerprint density at radius 1 is 1.24 bits per heavy atom. The predicted molar refractivity (Wildman–Crippen MR) is 60.1 cm³/mol. The average molecular weight is 247 g/mol. The number of rotatable bonds is 3. The van der Waals surface area contributed by atoms with Crippen LogP contribution >= 0.6 is 0 Å². The van der Waals surface area contributed by atoms with Crippen molar-refractivity contribution in [2.45, 2.75) is 25.4 Å². The molecule has 0 heterocycles. The van der Waals surface area contributed by atoms with Gasteiger partial charge in [0, 0.05) is 12.0 Å². The Bertz CT molecular complexity index is 399. The van der Waals surface area contributed by atoms with Crippen LogP contribution in [-0.2, 0) is 11.6 Å². The Morgan fingerprint density at radius 3 is 2.24 bits per heavy atom. The summed E-state index contributed by atoms with van der Waals surface area (Å²) in [6.45, 7) is 3.88. The zero-order valence-corrected chi connectivity index (χ0v) is 10.1. The van der Waals surface area contributed by atoms with Crippen LogP contribution in [0.3, 0.4) is 0 Å². The molecule has 0 aliphatic carbocycles. The Balaban J connectivity index is 3.33. The van der Waals surface area contributed by atoms with Gasteiger partial charge >= 0.3 is 6.18 Å². The molecule has 1 rings (SSSR count). The number of halogens is 3. The Hall–Kier alpha value is -1.23. The molecule has 1 aromatic rings.